The molecule has 0 aromatic rings. The maximum absolute atomic E-state index is 12.4. The van der Waals surface area contributed by atoms with Crippen molar-refractivity contribution in [3.8, 4) is 0 Å². The van der Waals surface area contributed by atoms with Crippen molar-refractivity contribution in [2.45, 2.75) is 137 Å². The molecule has 0 aromatic carbocycles. The Labute approximate surface area is 221 Å². The second kappa shape index (κ2) is 11.7. The maximum Gasteiger partial charge on any atom is 0.306 e. The first-order valence-electron chi connectivity index (χ1n) is 15.5. The number of aldehydes is 1. The number of carbonyl (C=O) groups excluding carboxylic acids is 2. The minimum absolute atomic E-state index is 0.0517. The van der Waals surface area contributed by atoms with E-state index in [1.807, 2.05) is 0 Å². The number of rotatable bonds is 11. The number of allylic oxidation sites excluding steroid dienone is 1. The first-order valence-corrected chi connectivity index (χ1v) is 15.5. The van der Waals surface area contributed by atoms with E-state index in [4.69, 9.17) is 4.74 Å². The molecule has 3 fully saturated rings. The molecule has 3 saturated carbocycles. The average Bonchev–Trinajstić information content (AvgIpc) is 3.19. The van der Waals surface area contributed by atoms with Gasteiger partial charge in [0.1, 0.15) is 12.4 Å². The zero-order valence-corrected chi connectivity index (χ0v) is 24.0. The fraction of sp³-hybridized carbons (Fsp3) is 0.879. The Morgan fingerprint density at radius 3 is 2.58 bits per heavy atom. The average molecular weight is 499 g/mol. The quantitative estimate of drug-likeness (QED) is 0.124. The molecular formula is C33H54O3. The van der Waals surface area contributed by atoms with Gasteiger partial charge in [0.05, 0.1) is 0 Å². The summed E-state index contributed by atoms with van der Waals surface area (Å²) in [6.07, 6.45) is 20.4. The predicted octanol–water partition coefficient (Wildman–Crippen LogP) is 8.70. The molecule has 0 N–H and O–H groups in total. The molecule has 8 atom stereocenters. The summed E-state index contributed by atoms with van der Waals surface area (Å²) in [5.74, 6) is 5.09. The normalized spacial score (nSPS) is 38.5. The van der Waals surface area contributed by atoms with Gasteiger partial charge in [-0.2, -0.15) is 0 Å². The number of hydrogen-bond donors (Lipinski definition) is 0. The number of carbonyl (C=O) groups is 2. The molecular weight excluding hydrogens is 444 g/mol. The van der Waals surface area contributed by atoms with Crippen LogP contribution in [-0.2, 0) is 14.3 Å². The van der Waals surface area contributed by atoms with Crippen molar-refractivity contribution >= 4 is 12.3 Å². The molecule has 0 heterocycles. The van der Waals surface area contributed by atoms with Crippen molar-refractivity contribution in [3.63, 3.8) is 0 Å². The maximum atomic E-state index is 12.4. The topological polar surface area (TPSA) is 43.4 Å². The Kier molecular flexibility index (Phi) is 9.09. The van der Waals surface area contributed by atoms with Crippen LogP contribution in [0.2, 0.25) is 0 Å². The summed E-state index contributed by atoms with van der Waals surface area (Å²) in [6.45, 7) is 12.5. The van der Waals surface area contributed by atoms with Gasteiger partial charge in [0.15, 0.2) is 0 Å². The first-order chi connectivity index (χ1) is 17.2. The molecule has 0 spiro atoms. The van der Waals surface area contributed by atoms with Crippen molar-refractivity contribution < 1.29 is 14.3 Å². The van der Waals surface area contributed by atoms with E-state index < -0.39 is 0 Å². The fourth-order valence-electron chi connectivity index (χ4n) is 9.49. The van der Waals surface area contributed by atoms with E-state index in [9.17, 15) is 9.59 Å². The van der Waals surface area contributed by atoms with Crippen molar-refractivity contribution in [2.24, 2.45) is 46.3 Å². The van der Waals surface area contributed by atoms with E-state index in [0.29, 0.717) is 23.7 Å². The Balaban J connectivity index is 1.37. The van der Waals surface area contributed by atoms with E-state index in [-0.39, 0.29) is 12.1 Å². The van der Waals surface area contributed by atoms with Gasteiger partial charge in [-0.25, -0.2) is 0 Å². The number of fused-ring (bicyclic) bond motifs is 5. The summed E-state index contributed by atoms with van der Waals surface area (Å²) in [7, 11) is 0. The van der Waals surface area contributed by atoms with Crippen molar-refractivity contribution in [1.82, 2.24) is 0 Å². The fourth-order valence-corrected chi connectivity index (χ4v) is 9.49. The highest BCUT2D eigenvalue weighted by molar-refractivity contribution is 5.69. The van der Waals surface area contributed by atoms with Crippen LogP contribution in [0.4, 0.5) is 0 Å². The largest absolute Gasteiger partial charge is 0.462 e. The van der Waals surface area contributed by atoms with Gasteiger partial charge in [0.2, 0.25) is 0 Å². The van der Waals surface area contributed by atoms with Gasteiger partial charge in [-0.05, 0) is 104 Å². The van der Waals surface area contributed by atoms with E-state index in [2.05, 4.69) is 40.7 Å². The van der Waals surface area contributed by atoms with Gasteiger partial charge in [-0.1, -0.05) is 65.5 Å². The Hall–Kier alpha value is -1.12. The molecule has 36 heavy (non-hydrogen) atoms. The number of esters is 1. The highest BCUT2D eigenvalue weighted by atomic mass is 16.5. The first kappa shape index (κ1) is 27.9. The summed E-state index contributed by atoms with van der Waals surface area (Å²) in [5, 5.41) is 0. The smallest absolute Gasteiger partial charge is 0.306 e. The molecule has 0 saturated heterocycles. The number of unbranched alkanes of at least 4 members (excludes halogenated alkanes) is 2. The molecule has 4 rings (SSSR count). The molecule has 1 unspecified atom stereocenters. The lowest BCUT2D eigenvalue weighted by Crippen LogP contribution is -2.51. The van der Waals surface area contributed by atoms with Crippen LogP contribution in [-0.4, -0.2) is 18.4 Å². The van der Waals surface area contributed by atoms with Crippen molar-refractivity contribution in [2.75, 3.05) is 0 Å². The van der Waals surface area contributed by atoms with Gasteiger partial charge in [0.25, 0.3) is 0 Å². The zero-order valence-electron chi connectivity index (χ0n) is 24.0. The Morgan fingerprint density at radius 2 is 1.83 bits per heavy atom. The lowest BCUT2D eigenvalue weighted by molar-refractivity contribution is -0.151. The second-order valence-corrected chi connectivity index (χ2v) is 14.1. The Bertz CT molecular complexity index is 799. The third-order valence-electron chi connectivity index (χ3n) is 11.5. The predicted molar refractivity (Wildman–Crippen MR) is 147 cm³/mol. The molecule has 0 amide bonds. The van der Waals surface area contributed by atoms with Gasteiger partial charge < -0.3 is 9.53 Å². The minimum atomic E-state index is -0.0725. The summed E-state index contributed by atoms with van der Waals surface area (Å²) >= 11 is 0. The summed E-state index contributed by atoms with van der Waals surface area (Å²) in [4.78, 5) is 22.8. The minimum Gasteiger partial charge on any atom is -0.462 e. The van der Waals surface area contributed by atoms with Gasteiger partial charge >= 0.3 is 5.97 Å². The summed E-state index contributed by atoms with van der Waals surface area (Å²) < 4.78 is 5.91. The highest BCUT2D eigenvalue weighted by Crippen LogP contribution is 2.67. The molecule has 0 aromatic heterocycles. The molecule has 3 heteroatoms. The van der Waals surface area contributed by atoms with Crippen molar-refractivity contribution in [3.05, 3.63) is 11.6 Å². The molecule has 4 aliphatic rings. The third kappa shape index (κ3) is 5.65. The van der Waals surface area contributed by atoms with E-state index in [1.165, 1.54) is 57.8 Å². The van der Waals surface area contributed by atoms with E-state index >= 15 is 0 Å². The van der Waals surface area contributed by atoms with E-state index in [1.54, 1.807) is 5.57 Å². The van der Waals surface area contributed by atoms with Gasteiger partial charge in [0, 0.05) is 19.3 Å². The van der Waals surface area contributed by atoms with Crippen LogP contribution in [0.3, 0.4) is 0 Å². The standard InChI is InChI=1S/C33H54O3/c1-23(2)10-9-11-24(3)28-15-16-29-27-14-13-25-22-26(36-31(35)12-7-6-8-21-34)17-19-32(25,4)30(27)18-20-33(28,29)5/h13,21,23-24,26-30H,6-12,14-20,22H2,1-5H3/t24-,26?,27+,28-,29+,30+,32+,33-/m1/s1. The molecule has 0 radical (unpaired) electrons. The second-order valence-electron chi connectivity index (χ2n) is 14.1. The van der Waals surface area contributed by atoms with Crippen LogP contribution >= 0.6 is 0 Å². The molecule has 0 bridgehead atoms. The summed E-state index contributed by atoms with van der Waals surface area (Å²) in [5.41, 5.74) is 2.43. The monoisotopic (exact) mass is 498 g/mol. The van der Waals surface area contributed by atoms with Crippen LogP contribution in [0.1, 0.15) is 131 Å². The third-order valence-corrected chi connectivity index (χ3v) is 11.5. The highest BCUT2D eigenvalue weighted by Gasteiger charge is 2.59. The SMILES string of the molecule is CC(C)CCC[C@@H](C)[C@H]1CC[C@H]2[C@@H]3CC=C4CC(OC(=O)CCCCC=O)CC[C@]4(C)[C@H]3CC[C@]12C. The summed E-state index contributed by atoms with van der Waals surface area (Å²) in [6, 6.07) is 0. The molecule has 0 aliphatic heterocycles. The Morgan fingerprint density at radius 1 is 1.03 bits per heavy atom. The van der Waals surface area contributed by atoms with Crippen LogP contribution in [0, 0.1) is 46.3 Å². The van der Waals surface area contributed by atoms with Crippen LogP contribution in [0.15, 0.2) is 11.6 Å². The van der Waals surface area contributed by atoms with Gasteiger partial charge in [-0.15, -0.1) is 0 Å². The van der Waals surface area contributed by atoms with Crippen LogP contribution in [0.25, 0.3) is 0 Å². The molecule has 3 nitrogen and oxygen atoms in total. The van der Waals surface area contributed by atoms with Crippen LogP contribution < -0.4 is 0 Å². The van der Waals surface area contributed by atoms with E-state index in [0.717, 1.165) is 67.5 Å². The molecule has 4 aliphatic carbocycles. The number of hydrogen-bond acceptors (Lipinski definition) is 3. The zero-order chi connectivity index (χ0) is 25.9. The molecule has 204 valence electrons. The van der Waals surface area contributed by atoms with Crippen LogP contribution in [0.5, 0.6) is 0 Å². The van der Waals surface area contributed by atoms with Gasteiger partial charge in [-0.3, -0.25) is 4.79 Å². The lowest BCUT2D eigenvalue weighted by Gasteiger charge is -2.58. The lowest BCUT2D eigenvalue weighted by atomic mass is 9.47. The van der Waals surface area contributed by atoms with Crippen molar-refractivity contribution in [1.29, 1.82) is 0 Å². The number of ether oxygens (including phenoxy) is 1.